The molecule has 94 valence electrons. The van der Waals surface area contributed by atoms with Crippen LogP contribution >= 0.6 is 0 Å². The Kier molecular flexibility index (Phi) is 6.10. The molecule has 0 aromatic heterocycles. The van der Waals surface area contributed by atoms with E-state index < -0.39 is 0 Å². The van der Waals surface area contributed by atoms with E-state index in [-0.39, 0.29) is 6.61 Å². The molecule has 0 heterocycles. The van der Waals surface area contributed by atoms with Crippen molar-refractivity contribution in [2.24, 2.45) is 5.16 Å². The molecule has 0 saturated heterocycles. The first-order valence-corrected chi connectivity index (χ1v) is 5.81. The molecule has 0 saturated carbocycles. The van der Waals surface area contributed by atoms with Gasteiger partial charge < -0.3 is 15.1 Å². The predicted molar refractivity (Wildman–Crippen MR) is 66.9 cm³/mol. The molecule has 1 rings (SSSR count). The summed E-state index contributed by atoms with van der Waals surface area (Å²) in [6, 6.07) is 7.48. The van der Waals surface area contributed by atoms with Gasteiger partial charge in [0.2, 0.25) is 0 Å². The van der Waals surface area contributed by atoms with Gasteiger partial charge in [-0.2, -0.15) is 0 Å². The van der Waals surface area contributed by atoms with Crippen molar-refractivity contribution in [1.29, 1.82) is 0 Å². The van der Waals surface area contributed by atoms with E-state index >= 15 is 0 Å². The molecule has 0 radical (unpaired) electrons. The summed E-state index contributed by atoms with van der Waals surface area (Å²) in [4.78, 5) is 0. The molecule has 2 N–H and O–H groups in total. The molecule has 0 aliphatic heterocycles. The monoisotopic (exact) mass is 237 g/mol. The molecule has 0 atom stereocenters. The lowest BCUT2D eigenvalue weighted by atomic mass is 10.1. The average molecular weight is 237 g/mol. The van der Waals surface area contributed by atoms with Gasteiger partial charge in [-0.3, -0.25) is 0 Å². The second-order valence-electron chi connectivity index (χ2n) is 3.81. The zero-order valence-electron chi connectivity index (χ0n) is 10.1. The minimum absolute atomic E-state index is 0.229. The molecule has 0 fully saturated rings. The summed E-state index contributed by atoms with van der Waals surface area (Å²) in [6.45, 7) is 2.57. The first kappa shape index (κ1) is 13.5. The third-order valence-corrected chi connectivity index (χ3v) is 2.49. The van der Waals surface area contributed by atoms with Crippen LogP contribution in [0.5, 0.6) is 5.75 Å². The lowest BCUT2D eigenvalue weighted by molar-refractivity contribution is 0.266. The Bertz CT molecular complexity index is 363. The van der Waals surface area contributed by atoms with Crippen molar-refractivity contribution < 1.29 is 15.1 Å². The molecule has 0 aliphatic rings. The van der Waals surface area contributed by atoms with Crippen molar-refractivity contribution in [3.05, 3.63) is 29.8 Å². The first-order chi connectivity index (χ1) is 8.29. The van der Waals surface area contributed by atoms with E-state index in [9.17, 15) is 0 Å². The number of oxime groups is 1. The molecule has 0 unspecified atom stereocenters. The van der Waals surface area contributed by atoms with Gasteiger partial charge in [0, 0.05) is 12.2 Å². The van der Waals surface area contributed by atoms with Crippen molar-refractivity contribution >= 4 is 5.71 Å². The Balaban J connectivity index is 2.53. The summed E-state index contributed by atoms with van der Waals surface area (Å²) in [5, 5.41) is 20.6. The van der Waals surface area contributed by atoms with Gasteiger partial charge in [0.25, 0.3) is 0 Å². The fraction of sp³-hybridized carbons (Fsp3) is 0.462. The number of ether oxygens (including phenoxy) is 1. The number of hydrogen-bond acceptors (Lipinski definition) is 4. The molecular weight excluding hydrogens is 218 g/mol. The van der Waals surface area contributed by atoms with Gasteiger partial charge in [-0.05, 0) is 38.3 Å². The molecule has 17 heavy (non-hydrogen) atoms. The molecule has 0 amide bonds. The standard InChI is InChI=1S/C13H19NO3/c1-11(14-16)12-7-3-4-8-13(12)17-10-6-2-5-9-15/h3-4,7-8,15-16H,2,5-6,9-10H2,1H3. The Morgan fingerprint density at radius 3 is 2.71 bits per heavy atom. The number of benzene rings is 1. The maximum absolute atomic E-state index is 8.76. The Morgan fingerprint density at radius 1 is 1.24 bits per heavy atom. The fourth-order valence-electron chi connectivity index (χ4n) is 1.52. The molecule has 4 heteroatoms. The topological polar surface area (TPSA) is 62.1 Å². The molecule has 0 spiro atoms. The van der Waals surface area contributed by atoms with Gasteiger partial charge in [-0.25, -0.2) is 0 Å². The third-order valence-electron chi connectivity index (χ3n) is 2.49. The SMILES string of the molecule is CC(=NO)c1ccccc1OCCCCCO. The summed E-state index contributed by atoms with van der Waals surface area (Å²) in [5.74, 6) is 0.729. The number of rotatable bonds is 7. The van der Waals surface area contributed by atoms with Crippen LogP contribution in [0, 0.1) is 0 Å². The lowest BCUT2D eigenvalue weighted by Gasteiger charge is -2.10. The van der Waals surface area contributed by atoms with E-state index in [0.717, 1.165) is 30.6 Å². The van der Waals surface area contributed by atoms with Crippen molar-refractivity contribution in [2.75, 3.05) is 13.2 Å². The van der Waals surface area contributed by atoms with Crippen LogP contribution in [0.15, 0.2) is 29.4 Å². The van der Waals surface area contributed by atoms with E-state index in [4.69, 9.17) is 15.1 Å². The number of para-hydroxylation sites is 1. The van der Waals surface area contributed by atoms with Crippen molar-refractivity contribution in [3.8, 4) is 5.75 Å². The summed E-state index contributed by atoms with van der Waals surface area (Å²) in [6.07, 6.45) is 2.66. The number of unbranched alkanes of at least 4 members (excludes halogenated alkanes) is 2. The van der Waals surface area contributed by atoms with E-state index in [2.05, 4.69) is 5.16 Å². The molecule has 4 nitrogen and oxygen atoms in total. The van der Waals surface area contributed by atoms with Gasteiger partial charge in [-0.15, -0.1) is 0 Å². The number of aliphatic hydroxyl groups is 1. The maximum Gasteiger partial charge on any atom is 0.128 e. The van der Waals surface area contributed by atoms with Crippen LogP contribution < -0.4 is 4.74 Å². The number of nitrogens with zero attached hydrogens (tertiary/aromatic N) is 1. The van der Waals surface area contributed by atoms with Crippen LogP contribution in [0.25, 0.3) is 0 Å². The maximum atomic E-state index is 8.76. The van der Waals surface area contributed by atoms with E-state index in [1.165, 1.54) is 0 Å². The highest BCUT2D eigenvalue weighted by molar-refractivity contribution is 6.00. The zero-order chi connectivity index (χ0) is 12.5. The fourth-order valence-corrected chi connectivity index (χ4v) is 1.52. The molecule has 1 aromatic rings. The summed E-state index contributed by atoms with van der Waals surface area (Å²) in [7, 11) is 0. The first-order valence-electron chi connectivity index (χ1n) is 5.81. The summed E-state index contributed by atoms with van der Waals surface area (Å²) < 4.78 is 5.63. The molecule has 1 aromatic carbocycles. The van der Waals surface area contributed by atoms with Crippen molar-refractivity contribution in [3.63, 3.8) is 0 Å². The van der Waals surface area contributed by atoms with Gasteiger partial charge in [0.15, 0.2) is 0 Å². The Hall–Kier alpha value is -1.55. The summed E-state index contributed by atoms with van der Waals surface area (Å²) in [5.41, 5.74) is 1.34. The van der Waals surface area contributed by atoms with Crippen molar-refractivity contribution in [2.45, 2.75) is 26.2 Å². The third kappa shape index (κ3) is 4.44. The quantitative estimate of drug-likeness (QED) is 0.331. The molecule has 0 aliphatic carbocycles. The largest absolute Gasteiger partial charge is 0.493 e. The second kappa shape index (κ2) is 7.68. The van der Waals surface area contributed by atoms with Crippen LogP contribution in [0.3, 0.4) is 0 Å². The molecule has 0 bridgehead atoms. The Labute approximate surface area is 102 Å². The van der Waals surface area contributed by atoms with E-state index in [1.807, 2.05) is 24.3 Å². The highest BCUT2D eigenvalue weighted by atomic mass is 16.5. The summed E-state index contributed by atoms with van der Waals surface area (Å²) >= 11 is 0. The minimum Gasteiger partial charge on any atom is -0.493 e. The van der Waals surface area contributed by atoms with E-state index in [1.54, 1.807) is 6.92 Å². The van der Waals surface area contributed by atoms with Crippen LogP contribution in [0.4, 0.5) is 0 Å². The van der Waals surface area contributed by atoms with E-state index in [0.29, 0.717) is 12.3 Å². The highest BCUT2D eigenvalue weighted by Gasteiger charge is 2.05. The van der Waals surface area contributed by atoms with Gasteiger partial charge in [-0.1, -0.05) is 17.3 Å². The Morgan fingerprint density at radius 2 is 2.00 bits per heavy atom. The van der Waals surface area contributed by atoms with Crippen LogP contribution in [-0.4, -0.2) is 29.2 Å². The number of aliphatic hydroxyl groups excluding tert-OH is 1. The smallest absolute Gasteiger partial charge is 0.128 e. The van der Waals surface area contributed by atoms with Crippen LogP contribution in [0.2, 0.25) is 0 Å². The lowest BCUT2D eigenvalue weighted by Crippen LogP contribution is -2.03. The van der Waals surface area contributed by atoms with Gasteiger partial charge in [0.1, 0.15) is 5.75 Å². The number of hydrogen-bond donors (Lipinski definition) is 2. The zero-order valence-corrected chi connectivity index (χ0v) is 10.1. The average Bonchev–Trinajstić information content (AvgIpc) is 2.38. The second-order valence-corrected chi connectivity index (χ2v) is 3.81. The van der Waals surface area contributed by atoms with Crippen molar-refractivity contribution in [1.82, 2.24) is 0 Å². The van der Waals surface area contributed by atoms with Crippen LogP contribution in [-0.2, 0) is 0 Å². The minimum atomic E-state index is 0.229. The van der Waals surface area contributed by atoms with Gasteiger partial charge in [0.05, 0.1) is 12.3 Å². The van der Waals surface area contributed by atoms with Crippen LogP contribution in [0.1, 0.15) is 31.7 Å². The molecular formula is C13H19NO3. The highest BCUT2D eigenvalue weighted by Crippen LogP contribution is 2.19. The normalized spacial score (nSPS) is 11.5. The predicted octanol–water partition coefficient (Wildman–Crippen LogP) is 2.43. The van der Waals surface area contributed by atoms with Gasteiger partial charge >= 0.3 is 0 Å².